The van der Waals surface area contributed by atoms with E-state index in [1.807, 2.05) is 49.4 Å². The molecule has 0 radical (unpaired) electrons. The number of carbonyl (C=O) groups excluding carboxylic acids is 2. The number of thiophene rings is 1. The molecule has 0 bridgehead atoms. The van der Waals surface area contributed by atoms with E-state index in [1.54, 1.807) is 0 Å². The molecule has 2 aromatic carbocycles. The summed E-state index contributed by atoms with van der Waals surface area (Å²) in [7, 11) is 1.37. The van der Waals surface area contributed by atoms with E-state index < -0.39 is 12.1 Å². The van der Waals surface area contributed by atoms with E-state index in [0.29, 0.717) is 22.7 Å². The van der Waals surface area contributed by atoms with Crippen molar-refractivity contribution in [2.24, 2.45) is 0 Å². The van der Waals surface area contributed by atoms with Crippen molar-refractivity contribution in [1.29, 1.82) is 0 Å². The van der Waals surface area contributed by atoms with Crippen molar-refractivity contribution in [1.82, 2.24) is 0 Å². The Hall–Kier alpha value is -2.86. The number of aryl methyl sites for hydroxylation is 1. The minimum atomic E-state index is -0.666. The predicted molar refractivity (Wildman–Crippen MR) is 120 cm³/mol. The topological polar surface area (TPSA) is 64.6 Å². The fourth-order valence-electron chi connectivity index (χ4n) is 3.94. The van der Waals surface area contributed by atoms with Crippen LogP contribution in [-0.2, 0) is 22.4 Å². The predicted octanol–water partition coefficient (Wildman–Crippen LogP) is 5.36. The maximum absolute atomic E-state index is 13.1. The van der Waals surface area contributed by atoms with Crippen LogP contribution in [-0.4, -0.2) is 25.1 Å². The molecule has 1 aliphatic rings. The quantitative estimate of drug-likeness (QED) is 0.542. The lowest BCUT2D eigenvalue weighted by Crippen LogP contribution is -2.32. The maximum Gasteiger partial charge on any atom is 0.341 e. The third-order valence-corrected chi connectivity index (χ3v) is 6.69. The number of amides is 1. The molecule has 0 fully saturated rings. The van der Waals surface area contributed by atoms with Gasteiger partial charge in [-0.05, 0) is 49.1 Å². The van der Waals surface area contributed by atoms with Crippen LogP contribution in [0, 0.1) is 0 Å². The molecule has 0 aliphatic heterocycles. The van der Waals surface area contributed by atoms with E-state index in [2.05, 4.69) is 5.32 Å². The SMILES string of the molecule is CC[C@@H](Oc1cccc2ccccc12)C(=O)Nc1sc2c(c1C(=O)OC)CCCC2. The van der Waals surface area contributed by atoms with E-state index >= 15 is 0 Å². The number of methoxy groups -OCH3 is 1. The highest BCUT2D eigenvalue weighted by Crippen LogP contribution is 2.38. The van der Waals surface area contributed by atoms with Crippen LogP contribution in [0.3, 0.4) is 0 Å². The Balaban J connectivity index is 1.59. The second kappa shape index (κ2) is 8.88. The summed E-state index contributed by atoms with van der Waals surface area (Å²) in [5, 5.41) is 5.55. The molecular weight excluding hydrogens is 398 g/mol. The van der Waals surface area contributed by atoms with Crippen molar-refractivity contribution < 1.29 is 19.1 Å². The molecule has 30 heavy (non-hydrogen) atoms. The monoisotopic (exact) mass is 423 g/mol. The van der Waals surface area contributed by atoms with Gasteiger partial charge in [-0.3, -0.25) is 4.79 Å². The molecule has 0 saturated carbocycles. The number of ether oxygens (including phenoxy) is 2. The second-order valence-electron chi connectivity index (χ2n) is 7.39. The molecule has 5 nitrogen and oxygen atoms in total. The van der Waals surface area contributed by atoms with Gasteiger partial charge in [0.15, 0.2) is 6.10 Å². The van der Waals surface area contributed by atoms with Gasteiger partial charge in [-0.2, -0.15) is 0 Å². The summed E-state index contributed by atoms with van der Waals surface area (Å²) in [6.45, 7) is 1.91. The molecule has 0 saturated heterocycles. The Labute approximate surface area is 180 Å². The van der Waals surface area contributed by atoms with Crippen molar-refractivity contribution >= 4 is 39.0 Å². The molecule has 0 spiro atoms. The summed E-state index contributed by atoms with van der Waals surface area (Å²) < 4.78 is 11.1. The van der Waals surface area contributed by atoms with Crippen LogP contribution >= 0.6 is 11.3 Å². The average Bonchev–Trinajstić information content (AvgIpc) is 3.14. The third kappa shape index (κ3) is 3.92. The summed E-state index contributed by atoms with van der Waals surface area (Å²) in [6.07, 6.45) is 3.76. The van der Waals surface area contributed by atoms with Crippen LogP contribution < -0.4 is 10.1 Å². The maximum atomic E-state index is 13.1. The number of rotatable bonds is 6. The van der Waals surface area contributed by atoms with Gasteiger partial charge in [0, 0.05) is 10.3 Å². The lowest BCUT2D eigenvalue weighted by atomic mass is 9.95. The highest BCUT2D eigenvalue weighted by atomic mass is 32.1. The van der Waals surface area contributed by atoms with E-state index in [0.717, 1.165) is 42.0 Å². The Bertz CT molecular complexity index is 1080. The van der Waals surface area contributed by atoms with Gasteiger partial charge in [0.2, 0.25) is 0 Å². The van der Waals surface area contributed by atoms with Crippen molar-refractivity contribution in [3.63, 3.8) is 0 Å². The number of hydrogen-bond donors (Lipinski definition) is 1. The summed E-state index contributed by atoms with van der Waals surface area (Å²) in [6, 6.07) is 13.7. The fraction of sp³-hybridized carbons (Fsp3) is 0.333. The van der Waals surface area contributed by atoms with Gasteiger partial charge in [-0.15, -0.1) is 11.3 Å². The van der Waals surface area contributed by atoms with E-state index in [4.69, 9.17) is 9.47 Å². The third-order valence-electron chi connectivity index (χ3n) is 5.48. The zero-order valence-corrected chi connectivity index (χ0v) is 18.0. The number of hydrogen-bond acceptors (Lipinski definition) is 5. The molecule has 1 aromatic heterocycles. The van der Waals surface area contributed by atoms with E-state index in [-0.39, 0.29) is 5.91 Å². The van der Waals surface area contributed by atoms with Crippen molar-refractivity contribution in [2.75, 3.05) is 12.4 Å². The van der Waals surface area contributed by atoms with Crippen LogP contribution in [0.5, 0.6) is 5.75 Å². The Morgan fingerprint density at radius 3 is 2.67 bits per heavy atom. The van der Waals surface area contributed by atoms with Gasteiger partial charge in [0.1, 0.15) is 10.8 Å². The van der Waals surface area contributed by atoms with Crippen molar-refractivity contribution in [3.05, 3.63) is 58.5 Å². The Morgan fingerprint density at radius 1 is 1.10 bits per heavy atom. The molecule has 0 unspecified atom stereocenters. The van der Waals surface area contributed by atoms with E-state index in [1.165, 1.54) is 23.3 Å². The first-order chi connectivity index (χ1) is 14.6. The molecule has 1 amide bonds. The normalized spacial score (nSPS) is 14.1. The first-order valence-corrected chi connectivity index (χ1v) is 11.1. The summed E-state index contributed by atoms with van der Waals surface area (Å²) >= 11 is 1.48. The number of benzene rings is 2. The highest BCUT2D eigenvalue weighted by molar-refractivity contribution is 7.17. The van der Waals surface area contributed by atoms with Crippen LogP contribution in [0.15, 0.2) is 42.5 Å². The number of anilines is 1. The summed E-state index contributed by atoms with van der Waals surface area (Å²) in [5.74, 6) is 0.0238. The largest absolute Gasteiger partial charge is 0.480 e. The van der Waals surface area contributed by atoms with Gasteiger partial charge in [0.25, 0.3) is 5.91 Å². The van der Waals surface area contributed by atoms with E-state index in [9.17, 15) is 9.59 Å². The molecule has 1 heterocycles. The fourth-order valence-corrected chi connectivity index (χ4v) is 5.22. The minimum absolute atomic E-state index is 0.255. The number of esters is 1. The molecule has 156 valence electrons. The zero-order valence-electron chi connectivity index (χ0n) is 17.2. The molecule has 4 rings (SSSR count). The lowest BCUT2D eigenvalue weighted by Gasteiger charge is -2.18. The van der Waals surface area contributed by atoms with Gasteiger partial charge in [-0.25, -0.2) is 4.79 Å². The molecule has 1 atom stereocenters. The van der Waals surface area contributed by atoms with Gasteiger partial charge in [-0.1, -0.05) is 43.3 Å². The van der Waals surface area contributed by atoms with Crippen LogP contribution in [0.4, 0.5) is 5.00 Å². The number of fused-ring (bicyclic) bond motifs is 2. The second-order valence-corrected chi connectivity index (χ2v) is 8.49. The first kappa shape index (κ1) is 20.4. The first-order valence-electron chi connectivity index (χ1n) is 10.3. The van der Waals surface area contributed by atoms with Crippen molar-refractivity contribution in [2.45, 2.75) is 45.1 Å². The van der Waals surface area contributed by atoms with Crippen LogP contribution in [0.25, 0.3) is 10.8 Å². The standard InChI is InChI=1S/C24H25NO4S/c1-3-18(29-19-13-8-10-15-9-4-5-11-16(15)19)22(26)25-23-21(24(27)28-2)17-12-6-7-14-20(17)30-23/h4-5,8-11,13,18H,3,6-7,12,14H2,1-2H3,(H,25,26)/t18-/m1/s1. The smallest absolute Gasteiger partial charge is 0.341 e. The molecule has 1 N–H and O–H groups in total. The van der Waals surface area contributed by atoms with Gasteiger partial charge in [0.05, 0.1) is 12.7 Å². The average molecular weight is 424 g/mol. The summed E-state index contributed by atoms with van der Waals surface area (Å²) in [5.41, 5.74) is 1.53. The summed E-state index contributed by atoms with van der Waals surface area (Å²) in [4.78, 5) is 26.7. The Morgan fingerprint density at radius 2 is 1.87 bits per heavy atom. The van der Waals surface area contributed by atoms with Gasteiger partial charge < -0.3 is 14.8 Å². The minimum Gasteiger partial charge on any atom is -0.480 e. The Kier molecular flexibility index (Phi) is 6.04. The van der Waals surface area contributed by atoms with Crippen LogP contribution in [0.1, 0.15) is 47.0 Å². The molecule has 3 aromatic rings. The molecular formula is C24H25NO4S. The van der Waals surface area contributed by atoms with Crippen LogP contribution in [0.2, 0.25) is 0 Å². The van der Waals surface area contributed by atoms with Gasteiger partial charge >= 0.3 is 5.97 Å². The number of carbonyl (C=O) groups is 2. The highest BCUT2D eigenvalue weighted by Gasteiger charge is 2.29. The molecule has 6 heteroatoms. The van der Waals surface area contributed by atoms with Crippen molar-refractivity contribution in [3.8, 4) is 5.75 Å². The lowest BCUT2D eigenvalue weighted by molar-refractivity contribution is -0.122. The number of nitrogens with one attached hydrogen (secondary N) is 1. The molecule has 1 aliphatic carbocycles. The zero-order chi connectivity index (χ0) is 21.1.